The molecule has 0 amide bonds. The molecule has 1 atom stereocenters. The molecule has 1 aliphatic rings. The van der Waals surface area contributed by atoms with E-state index in [1.807, 2.05) is 31.2 Å². The number of aliphatic hydroxyl groups is 1. The topological polar surface area (TPSA) is 55.8 Å². The molecule has 0 fully saturated rings. The summed E-state index contributed by atoms with van der Waals surface area (Å²) in [5.74, 6) is 0.782. The zero-order valence-electron chi connectivity index (χ0n) is 12.4. The fourth-order valence-electron chi connectivity index (χ4n) is 2.39. The molecular weight excluding hydrogens is 280 g/mol. The van der Waals surface area contributed by atoms with Gasteiger partial charge in [-0.1, -0.05) is 24.3 Å². The summed E-state index contributed by atoms with van der Waals surface area (Å²) >= 11 is 0. The van der Waals surface area contributed by atoms with Crippen LogP contribution in [-0.2, 0) is 4.79 Å². The van der Waals surface area contributed by atoms with E-state index in [-0.39, 0.29) is 5.97 Å². The summed E-state index contributed by atoms with van der Waals surface area (Å²) in [6, 6.07) is 12.8. The highest BCUT2D eigenvalue weighted by Crippen LogP contribution is 2.34. The molecule has 0 spiro atoms. The molecule has 0 saturated carbocycles. The molecule has 1 unspecified atom stereocenters. The number of hydrogen-bond donors (Lipinski definition) is 1. The lowest BCUT2D eigenvalue weighted by molar-refractivity contribution is -0.131. The molecule has 1 N–H and O–H groups in total. The zero-order chi connectivity index (χ0) is 15.7. The van der Waals surface area contributed by atoms with Crippen molar-refractivity contribution in [3.8, 4) is 11.5 Å². The predicted octanol–water partition coefficient (Wildman–Crippen LogP) is 3.17. The number of benzene rings is 2. The number of ether oxygens (including phenoxy) is 2. The minimum absolute atomic E-state index is 0.364. The van der Waals surface area contributed by atoms with E-state index in [2.05, 4.69) is 0 Å². The second kappa shape index (κ2) is 5.66. The van der Waals surface area contributed by atoms with E-state index in [1.54, 1.807) is 24.3 Å². The van der Waals surface area contributed by atoms with Gasteiger partial charge in [-0.25, -0.2) is 0 Å². The lowest BCUT2D eigenvalue weighted by Crippen LogP contribution is -2.21. The Morgan fingerprint density at radius 1 is 1.18 bits per heavy atom. The van der Waals surface area contributed by atoms with Gasteiger partial charge in [-0.05, 0) is 42.3 Å². The van der Waals surface area contributed by atoms with Crippen LogP contribution in [0.25, 0.3) is 11.6 Å². The smallest absolute Gasteiger partial charge is 0.308 e. The molecule has 0 saturated heterocycles. The maximum atomic E-state index is 10.9. The Balaban J connectivity index is 1.93. The average molecular weight is 296 g/mol. The first-order chi connectivity index (χ1) is 10.5. The van der Waals surface area contributed by atoms with Crippen molar-refractivity contribution in [3.63, 3.8) is 0 Å². The zero-order valence-corrected chi connectivity index (χ0v) is 12.4. The minimum Gasteiger partial charge on any atom is -0.460 e. The van der Waals surface area contributed by atoms with Crippen LogP contribution in [0.15, 0.2) is 42.5 Å². The van der Waals surface area contributed by atoms with Crippen LogP contribution in [0.1, 0.15) is 23.6 Å². The first-order valence-electron chi connectivity index (χ1n) is 6.99. The van der Waals surface area contributed by atoms with Gasteiger partial charge in [-0.15, -0.1) is 0 Å². The molecule has 1 heterocycles. The van der Waals surface area contributed by atoms with Gasteiger partial charge < -0.3 is 14.6 Å². The van der Waals surface area contributed by atoms with Crippen molar-refractivity contribution in [1.82, 2.24) is 0 Å². The lowest BCUT2D eigenvalue weighted by atomic mass is 9.99. The number of carbonyl (C=O) groups is 1. The van der Waals surface area contributed by atoms with Crippen molar-refractivity contribution in [2.75, 3.05) is 0 Å². The van der Waals surface area contributed by atoms with E-state index in [0.717, 1.165) is 16.7 Å². The van der Waals surface area contributed by atoms with Gasteiger partial charge in [0.05, 0.1) is 0 Å². The molecule has 112 valence electrons. The van der Waals surface area contributed by atoms with Gasteiger partial charge in [0.15, 0.2) is 0 Å². The first kappa shape index (κ1) is 14.4. The molecule has 22 heavy (non-hydrogen) atoms. The molecule has 0 bridgehead atoms. The molecule has 4 nitrogen and oxygen atoms in total. The van der Waals surface area contributed by atoms with E-state index in [9.17, 15) is 9.90 Å². The van der Waals surface area contributed by atoms with Crippen molar-refractivity contribution >= 4 is 17.6 Å². The average Bonchev–Trinajstić information content (AvgIpc) is 2.47. The number of carbonyl (C=O) groups excluding carboxylic acids is 1. The normalized spacial score (nSPS) is 16.3. The third-order valence-corrected chi connectivity index (χ3v) is 3.43. The van der Waals surface area contributed by atoms with Crippen LogP contribution in [0.5, 0.6) is 11.5 Å². The standard InChI is InChI=1S/C18H16O4/c1-11-3-4-14-10-16(18(20)22-17(14)9-11)13-5-7-15(8-6-13)21-12(2)19/h3-10,18,20H,1-2H3. The fourth-order valence-corrected chi connectivity index (χ4v) is 2.39. The number of hydrogen-bond acceptors (Lipinski definition) is 4. The maximum Gasteiger partial charge on any atom is 0.308 e. The summed E-state index contributed by atoms with van der Waals surface area (Å²) in [7, 11) is 0. The summed E-state index contributed by atoms with van der Waals surface area (Å²) in [6.45, 7) is 3.33. The van der Waals surface area contributed by atoms with Crippen LogP contribution in [0, 0.1) is 6.92 Å². The van der Waals surface area contributed by atoms with Gasteiger partial charge in [-0.3, -0.25) is 4.79 Å². The number of rotatable bonds is 2. The van der Waals surface area contributed by atoms with E-state index in [1.165, 1.54) is 6.92 Å². The summed E-state index contributed by atoms with van der Waals surface area (Å²) in [5.41, 5.74) is 3.49. The molecular formula is C18H16O4. The van der Waals surface area contributed by atoms with Crippen LogP contribution in [0.2, 0.25) is 0 Å². The number of aliphatic hydroxyl groups excluding tert-OH is 1. The summed E-state index contributed by atoms with van der Waals surface area (Å²) < 4.78 is 10.6. The molecule has 2 aromatic carbocycles. The summed E-state index contributed by atoms with van der Waals surface area (Å²) in [6.07, 6.45) is 0.887. The van der Waals surface area contributed by atoms with Crippen molar-refractivity contribution in [3.05, 3.63) is 59.2 Å². The van der Waals surface area contributed by atoms with Crippen LogP contribution < -0.4 is 9.47 Å². The third kappa shape index (κ3) is 2.87. The van der Waals surface area contributed by atoms with Crippen LogP contribution >= 0.6 is 0 Å². The quantitative estimate of drug-likeness (QED) is 0.683. The van der Waals surface area contributed by atoms with Crippen molar-refractivity contribution in [1.29, 1.82) is 0 Å². The highest BCUT2D eigenvalue weighted by Gasteiger charge is 2.21. The Hall–Kier alpha value is -2.59. The molecule has 0 aromatic heterocycles. The van der Waals surface area contributed by atoms with E-state index < -0.39 is 6.29 Å². The van der Waals surface area contributed by atoms with Gasteiger partial charge in [0.25, 0.3) is 0 Å². The molecule has 2 aromatic rings. The highest BCUT2D eigenvalue weighted by atomic mass is 16.6. The predicted molar refractivity (Wildman–Crippen MR) is 83.4 cm³/mol. The first-order valence-corrected chi connectivity index (χ1v) is 6.99. The molecule has 0 aliphatic carbocycles. The molecule has 1 aliphatic heterocycles. The summed E-state index contributed by atoms with van der Waals surface area (Å²) in [4.78, 5) is 10.9. The van der Waals surface area contributed by atoms with Gasteiger partial charge in [0.2, 0.25) is 6.29 Å². The Morgan fingerprint density at radius 3 is 2.59 bits per heavy atom. The van der Waals surface area contributed by atoms with E-state index >= 15 is 0 Å². The molecule has 3 rings (SSSR count). The lowest BCUT2D eigenvalue weighted by Gasteiger charge is -2.24. The van der Waals surface area contributed by atoms with Crippen LogP contribution in [0.3, 0.4) is 0 Å². The van der Waals surface area contributed by atoms with Gasteiger partial charge in [0.1, 0.15) is 11.5 Å². The highest BCUT2D eigenvalue weighted by molar-refractivity contribution is 5.86. The number of fused-ring (bicyclic) bond motifs is 1. The van der Waals surface area contributed by atoms with E-state index in [0.29, 0.717) is 17.1 Å². The Labute approximate surface area is 128 Å². The fraction of sp³-hybridized carbons (Fsp3) is 0.167. The Morgan fingerprint density at radius 2 is 1.91 bits per heavy atom. The number of aryl methyl sites for hydroxylation is 1. The van der Waals surface area contributed by atoms with Crippen LogP contribution in [-0.4, -0.2) is 17.4 Å². The second-order valence-corrected chi connectivity index (χ2v) is 5.23. The molecule has 4 heteroatoms. The Kier molecular flexibility index (Phi) is 3.69. The van der Waals surface area contributed by atoms with Crippen LogP contribution in [0.4, 0.5) is 0 Å². The SMILES string of the molecule is CC(=O)Oc1ccc(C2=Cc3ccc(C)cc3OC2O)cc1. The maximum absolute atomic E-state index is 10.9. The van der Waals surface area contributed by atoms with Gasteiger partial charge >= 0.3 is 5.97 Å². The Bertz CT molecular complexity index is 744. The second-order valence-electron chi connectivity index (χ2n) is 5.23. The summed E-state index contributed by atoms with van der Waals surface area (Å²) in [5, 5.41) is 10.2. The minimum atomic E-state index is -1.02. The monoisotopic (exact) mass is 296 g/mol. The third-order valence-electron chi connectivity index (χ3n) is 3.43. The number of esters is 1. The van der Waals surface area contributed by atoms with E-state index in [4.69, 9.17) is 9.47 Å². The van der Waals surface area contributed by atoms with Gasteiger partial charge in [-0.2, -0.15) is 0 Å². The van der Waals surface area contributed by atoms with Crippen molar-refractivity contribution in [2.45, 2.75) is 20.1 Å². The molecule has 0 radical (unpaired) electrons. The van der Waals surface area contributed by atoms with Crippen molar-refractivity contribution in [2.24, 2.45) is 0 Å². The van der Waals surface area contributed by atoms with Crippen molar-refractivity contribution < 1.29 is 19.4 Å². The van der Waals surface area contributed by atoms with Gasteiger partial charge in [0, 0.05) is 18.1 Å². The largest absolute Gasteiger partial charge is 0.460 e.